The van der Waals surface area contributed by atoms with Crippen LogP contribution in [0.2, 0.25) is 0 Å². The molecule has 2 aliphatic rings. The fraction of sp³-hybridized carbons (Fsp3) is 0.321. The van der Waals surface area contributed by atoms with Gasteiger partial charge in [0, 0.05) is 11.6 Å². The maximum atomic E-state index is 14.1. The number of benzene rings is 2. The van der Waals surface area contributed by atoms with Gasteiger partial charge in [0.05, 0.1) is 29.9 Å². The van der Waals surface area contributed by atoms with Crippen molar-refractivity contribution >= 4 is 29.5 Å². The number of alkyl halides is 3. The Hall–Kier alpha value is -4.28. The number of carbonyl (C=O) groups is 4. The Bertz CT molecular complexity index is 1380. The standard InChI is InChI=1S/C28H25F3N2O6/c1-4-38-27(37)22-21(17-9-7-8-15(2)14-17)20(16(3)32-23(22)28(29,30)31)26(36)39-13-12-33-24(34)18-10-5-6-11-19(18)25(33)35/h5-11,14,21-22H,4,12-13H2,1-3H3. The van der Waals surface area contributed by atoms with E-state index in [1.807, 2.05) is 0 Å². The second-order valence-electron chi connectivity index (χ2n) is 9.06. The number of esters is 2. The highest BCUT2D eigenvalue weighted by atomic mass is 19.4. The number of ether oxygens (including phenoxy) is 2. The molecule has 0 radical (unpaired) electrons. The minimum Gasteiger partial charge on any atom is -0.465 e. The average molecular weight is 543 g/mol. The lowest BCUT2D eigenvalue weighted by Gasteiger charge is -2.33. The summed E-state index contributed by atoms with van der Waals surface area (Å²) in [6, 6.07) is 12.7. The van der Waals surface area contributed by atoms with E-state index >= 15 is 0 Å². The molecule has 0 aromatic heterocycles. The zero-order valence-electron chi connectivity index (χ0n) is 21.4. The molecule has 0 saturated carbocycles. The summed E-state index contributed by atoms with van der Waals surface area (Å²) in [5, 5.41) is 0. The van der Waals surface area contributed by atoms with Crippen LogP contribution >= 0.6 is 0 Å². The summed E-state index contributed by atoms with van der Waals surface area (Å²) in [4.78, 5) is 56.0. The largest absolute Gasteiger partial charge is 0.465 e. The van der Waals surface area contributed by atoms with Gasteiger partial charge in [-0.3, -0.25) is 24.3 Å². The highest BCUT2D eigenvalue weighted by Crippen LogP contribution is 2.43. The van der Waals surface area contributed by atoms with Crippen LogP contribution in [-0.2, 0) is 19.1 Å². The number of fused-ring (bicyclic) bond motifs is 1. The molecular weight excluding hydrogens is 517 g/mol. The predicted molar refractivity (Wildman–Crippen MR) is 133 cm³/mol. The Morgan fingerprint density at radius 3 is 2.18 bits per heavy atom. The number of carbonyl (C=O) groups excluding carboxylic acids is 4. The van der Waals surface area contributed by atoms with Crippen LogP contribution in [0.1, 0.15) is 51.6 Å². The Labute approximate surface area is 222 Å². The first kappa shape index (κ1) is 27.7. The van der Waals surface area contributed by atoms with E-state index in [0.29, 0.717) is 5.56 Å². The molecule has 0 bridgehead atoms. The minimum atomic E-state index is -4.97. The molecule has 2 aliphatic heterocycles. The SMILES string of the molecule is CCOC(=O)C1C(C(F)(F)F)=NC(C)=C(C(=O)OCCN2C(=O)c3ccccc3C2=O)C1c1cccc(C)c1. The number of hydrogen-bond acceptors (Lipinski definition) is 7. The van der Waals surface area contributed by atoms with Crippen LogP contribution in [0.3, 0.4) is 0 Å². The first-order valence-corrected chi connectivity index (χ1v) is 12.2. The first-order chi connectivity index (χ1) is 18.5. The first-order valence-electron chi connectivity index (χ1n) is 12.2. The fourth-order valence-corrected chi connectivity index (χ4v) is 4.83. The Balaban J connectivity index is 1.66. The van der Waals surface area contributed by atoms with Crippen molar-refractivity contribution in [1.29, 1.82) is 0 Å². The van der Waals surface area contributed by atoms with Gasteiger partial charge in [0.15, 0.2) is 0 Å². The lowest BCUT2D eigenvalue weighted by Crippen LogP contribution is -2.44. The smallest absolute Gasteiger partial charge is 0.430 e. The average Bonchev–Trinajstić information content (AvgIpc) is 3.12. The third-order valence-electron chi connectivity index (χ3n) is 6.50. The van der Waals surface area contributed by atoms with Gasteiger partial charge in [0.2, 0.25) is 0 Å². The zero-order chi connectivity index (χ0) is 28.5. The van der Waals surface area contributed by atoms with Gasteiger partial charge in [0.1, 0.15) is 18.2 Å². The molecule has 2 aromatic rings. The number of imide groups is 1. The maximum Gasteiger partial charge on any atom is 0.430 e. The van der Waals surface area contributed by atoms with E-state index in [4.69, 9.17) is 9.47 Å². The topological polar surface area (TPSA) is 102 Å². The number of aliphatic imine (C=N–C) groups is 1. The minimum absolute atomic E-state index is 0.177. The normalized spacial score (nSPS) is 19.1. The molecule has 11 heteroatoms. The van der Waals surface area contributed by atoms with Gasteiger partial charge in [-0.25, -0.2) is 4.79 Å². The van der Waals surface area contributed by atoms with Crippen LogP contribution in [0.25, 0.3) is 0 Å². The molecule has 0 fully saturated rings. The van der Waals surface area contributed by atoms with E-state index in [0.717, 1.165) is 4.90 Å². The van der Waals surface area contributed by atoms with Gasteiger partial charge < -0.3 is 9.47 Å². The molecular formula is C28H25F3N2O6. The number of aryl methyl sites for hydroxylation is 1. The maximum absolute atomic E-state index is 14.1. The highest BCUT2D eigenvalue weighted by molar-refractivity contribution is 6.21. The van der Waals surface area contributed by atoms with Gasteiger partial charge in [-0.2, -0.15) is 13.2 Å². The Morgan fingerprint density at radius 1 is 0.974 bits per heavy atom. The third-order valence-corrected chi connectivity index (χ3v) is 6.50. The van der Waals surface area contributed by atoms with Crippen molar-refractivity contribution < 1.29 is 41.8 Å². The van der Waals surface area contributed by atoms with E-state index in [1.54, 1.807) is 37.3 Å². The molecule has 0 N–H and O–H groups in total. The summed E-state index contributed by atoms with van der Waals surface area (Å²) >= 11 is 0. The van der Waals surface area contributed by atoms with Crippen LogP contribution in [0.4, 0.5) is 13.2 Å². The zero-order valence-corrected chi connectivity index (χ0v) is 21.4. The van der Waals surface area contributed by atoms with Crippen LogP contribution in [0, 0.1) is 12.8 Å². The summed E-state index contributed by atoms with van der Waals surface area (Å²) in [6.45, 7) is 3.56. The van der Waals surface area contributed by atoms with Crippen molar-refractivity contribution in [3.63, 3.8) is 0 Å². The number of halogens is 3. The van der Waals surface area contributed by atoms with Crippen molar-refractivity contribution in [2.24, 2.45) is 10.9 Å². The van der Waals surface area contributed by atoms with Crippen LogP contribution in [0.15, 0.2) is 64.8 Å². The molecule has 8 nitrogen and oxygen atoms in total. The summed E-state index contributed by atoms with van der Waals surface area (Å²) in [6.07, 6.45) is -4.97. The Kier molecular flexibility index (Phi) is 7.71. The van der Waals surface area contributed by atoms with Crippen molar-refractivity contribution in [2.75, 3.05) is 19.8 Å². The van der Waals surface area contributed by atoms with Gasteiger partial charge in [-0.05, 0) is 38.5 Å². The van der Waals surface area contributed by atoms with Crippen molar-refractivity contribution in [3.05, 3.63) is 82.1 Å². The van der Waals surface area contributed by atoms with Crippen molar-refractivity contribution in [1.82, 2.24) is 4.90 Å². The molecule has 4 rings (SSSR count). The summed E-state index contributed by atoms with van der Waals surface area (Å²) in [5.74, 6) is -6.63. The van der Waals surface area contributed by atoms with E-state index in [-0.39, 0.29) is 41.1 Å². The lowest BCUT2D eigenvalue weighted by molar-refractivity contribution is -0.148. The molecule has 0 spiro atoms. The monoisotopic (exact) mass is 542 g/mol. The molecule has 2 atom stereocenters. The van der Waals surface area contributed by atoms with Gasteiger partial charge in [-0.15, -0.1) is 0 Å². The third kappa shape index (κ3) is 5.34. The number of allylic oxidation sites excluding steroid dienone is 1. The molecule has 0 aliphatic carbocycles. The van der Waals surface area contributed by atoms with E-state index in [9.17, 15) is 32.3 Å². The number of hydrogen-bond donors (Lipinski definition) is 0. The quantitative estimate of drug-likeness (QED) is 0.380. The highest BCUT2D eigenvalue weighted by Gasteiger charge is 2.53. The van der Waals surface area contributed by atoms with Crippen molar-refractivity contribution in [3.8, 4) is 0 Å². The second kappa shape index (κ2) is 10.8. The van der Waals surface area contributed by atoms with E-state index in [2.05, 4.69) is 4.99 Å². The van der Waals surface area contributed by atoms with E-state index in [1.165, 1.54) is 32.0 Å². The van der Waals surface area contributed by atoms with Gasteiger partial charge in [0.25, 0.3) is 11.8 Å². The van der Waals surface area contributed by atoms with E-state index < -0.39 is 54.1 Å². The molecule has 2 aromatic carbocycles. The van der Waals surface area contributed by atoms with Gasteiger partial charge in [-0.1, -0.05) is 42.0 Å². The molecule has 39 heavy (non-hydrogen) atoms. The molecule has 0 saturated heterocycles. The summed E-state index contributed by atoms with van der Waals surface area (Å²) < 4.78 is 52.6. The predicted octanol–water partition coefficient (Wildman–Crippen LogP) is 4.39. The number of amides is 2. The fourth-order valence-electron chi connectivity index (χ4n) is 4.83. The van der Waals surface area contributed by atoms with Crippen LogP contribution < -0.4 is 0 Å². The number of nitrogens with zero attached hydrogens (tertiary/aromatic N) is 2. The molecule has 2 amide bonds. The summed E-state index contributed by atoms with van der Waals surface area (Å²) in [7, 11) is 0. The van der Waals surface area contributed by atoms with Gasteiger partial charge >= 0.3 is 18.1 Å². The molecule has 2 heterocycles. The van der Waals surface area contributed by atoms with Crippen molar-refractivity contribution in [2.45, 2.75) is 32.9 Å². The Morgan fingerprint density at radius 2 is 1.62 bits per heavy atom. The molecule has 204 valence electrons. The number of rotatable bonds is 7. The molecule has 2 unspecified atom stereocenters. The summed E-state index contributed by atoms with van der Waals surface area (Å²) in [5.41, 5.74) is -0.448. The lowest BCUT2D eigenvalue weighted by atomic mass is 9.75. The second-order valence-corrected chi connectivity index (χ2v) is 9.06. The van der Waals surface area contributed by atoms with Crippen LogP contribution in [-0.4, -0.2) is 60.3 Å². The van der Waals surface area contributed by atoms with Crippen LogP contribution in [0.5, 0.6) is 0 Å².